The average Bonchev–Trinajstić information content (AvgIpc) is 3.33. The van der Waals surface area contributed by atoms with Gasteiger partial charge >= 0.3 is 0 Å². The van der Waals surface area contributed by atoms with Crippen molar-refractivity contribution >= 4 is 15.9 Å². The summed E-state index contributed by atoms with van der Waals surface area (Å²) in [7, 11) is -2.01. The number of rotatable bonds is 6. The minimum atomic E-state index is -3.56. The molecular formula is C19H26N2O4S. The van der Waals surface area contributed by atoms with Crippen LogP contribution in [0.15, 0.2) is 29.2 Å². The van der Waals surface area contributed by atoms with E-state index in [0.29, 0.717) is 36.7 Å². The summed E-state index contributed by atoms with van der Waals surface area (Å²) < 4.78 is 33.1. The summed E-state index contributed by atoms with van der Waals surface area (Å²) in [5.41, 5.74) is 0. The maximum absolute atomic E-state index is 12.6. The van der Waals surface area contributed by atoms with Crippen molar-refractivity contribution in [2.45, 2.75) is 49.6 Å². The summed E-state index contributed by atoms with van der Waals surface area (Å²) >= 11 is 0. The van der Waals surface area contributed by atoms with E-state index in [2.05, 4.69) is 16.5 Å². The molecule has 1 aromatic carbocycles. The Hall–Kier alpha value is -1.60. The lowest BCUT2D eigenvalue weighted by atomic mass is 9.89. The highest BCUT2D eigenvalue weighted by atomic mass is 32.2. The first-order chi connectivity index (χ1) is 12.4. The lowest BCUT2D eigenvalue weighted by molar-refractivity contribution is -0.129. The number of sulfonamides is 1. The molecule has 2 saturated carbocycles. The summed E-state index contributed by atoms with van der Waals surface area (Å²) in [6.07, 6.45) is 3.80. The molecular weight excluding hydrogens is 352 g/mol. The number of hydrogen-bond acceptors (Lipinski definition) is 4. The van der Waals surface area contributed by atoms with Gasteiger partial charge in [0.25, 0.3) is 0 Å². The van der Waals surface area contributed by atoms with Crippen molar-refractivity contribution in [1.82, 2.24) is 9.62 Å². The molecule has 1 N–H and O–H groups in total. The van der Waals surface area contributed by atoms with Crippen LogP contribution in [0.1, 0.15) is 32.6 Å². The average molecular weight is 378 g/mol. The maximum atomic E-state index is 12.6. The summed E-state index contributed by atoms with van der Waals surface area (Å²) in [6.45, 7) is 2.57. The van der Waals surface area contributed by atoms with Crippen molar-refractivity contribution in [2.24, 2.45) is 17.8 Å². The topological polar surface area (TPSA) is 75.7 Å². The zero-order chi connectivity index (χ0) is 18.5. The van der Waals surface area contributed by atoms with Gasteiger partial charge in [-0.1, -0.05) is 6.92 Å². The molecule has 1 amide bonds. The van der Waals surface area contributed by atoms with Crippen LogP contribution in [-0.2, 0) is 14.8 Å². The van der Waals surface area contributed by atoms with E-state index in [-0.39, 0.29) is 22.6 Å². The molecule has 7 heteroatoms. The van der Waals surface area contributed by atoms with E-state index in [1.807, 2.05) is 0 Å². The van der Waals surface area contributed by atoms with Gasteiger partial charge < -0.3 is 9.64 Å². The number of carbonyl (C=O) groups is 1. The minimum absolute atomic E-state index is 0.209. The number of amides is 1. The zero-order valence-electron chi connectivity index (χ0n) is 15.2. The van der Waals surface area contributed by atoms with Gasteiger partial charge in [0.15, 0.2) is 0 Å². The van der Waals surface area contributed by atoms with E-state index in [1.54, 1.807) is 31.4 Å². The van der Waals surface area contributed by atoms with Gasteiger partial charge in [0.2, 0.25) is 15.9 Å². The van der Waals surface area contributed by atoms with Gasteiger partial charge in [-0.05, 0) is 61.3 Å². The van der Waals surface area contributed by atoms with Crippen LogP contribution in [0.5, 0.6) is 5.75 Å². The van der Waals surface area contributed by atoms with Crippen LogP contribution in [0.4, 0.5) is 0 Å². The van der Waals surface area contributed by atoms with Crippen molar-refractivity contribution in [1.29, 1.82) is 0 Å². The minimum Gasteiger partial charge on any atom is -0.497 e. The fraction of sp³-hybridized carbons (Fsp3) is 0.632. The Morgan fingerprint density at radius 1 is 1.23 bits per heavy atom. The van der Waals surface area contributed by atoms with Crippen LogP contribution in [0.3, 0.4) is 0 Å². The Kier molecular flexibility index (Phi) is 4.47. The lowest BCUT2D eigenvalue weighted by Crippen LogP contribution is -2.36. The molecule has 2 aliphatic carbocycles. The third kappa shape index (κ3) is 3.11. The van der Waals surface area contributed by atoms with E-state index in [9.17, 15) is 13.2 Å². The monoisotopic (exact) mass is 378 g/mol. The standard InChI is InChI=1S/C19H26N2O4S/c1-12-9-18-16(10-19(22)21(18)13-3-4-13)17(12)11-20-26(23,24)15-7-5-14(25-2)6-8-15/h5-8,12-13,16-18,20H,3-4,9-11H2,1-2H3/t12-,16-,17+,18+/m0/s1. The van der Waals surface area contributed by atoms with Gasteiger partial charge in [-0.25, -0.2) is 13.1 Å². The summed E-state index contributed by atoms with van der Waals surface area (Å²) in [4.78, 5) is 14.7. The Bertz CT molecular complexity index is 788. The SMILES string of the molecule is COc1ccc(S(=O)(=O)NC[C@H]2[C@@H]3CC(=O)N(C4CC4)[C@@H]3C[C@@H]2C)cc1. The van der Waals surface area contributed by atoms with Crippen molar-refractivity contribution < 1.29 is 17.9 Å². The normalized spacial score (nSPS) is 31.3. The van der Waals surface area contributed by atoms with Crippen molar-refractivity contribution in [3.63, 3.8) is 0 Å². The van der Waals surface area contributed by atoms with Gasteiger partial charge in [0.05, 0.1) is 12.0 Å². The van der Waals surface area contributed by atoms with Crippen LogP contribution in [-0.4, -0.2) is 45.0 Å². The van der Waals surface area contributed by atoms with Crippen molar-refractivity contribution in [3.05, 3.63) is 24.3 Å². The Morgan fingerprint density at radius 2 is 1.92 bits per heavy atom. The van der Waals surface area contributed by atoms with Crippen LogP contribution < -0.4 is 9.46 Å². The number of methoxy groups -OCH3 is 1. The van der Waals surface area contributed by atoms with Gasteiger partial charge in [0, 0.05) is 25.0 Å². The highest BCUT2D eigenvalue weighted by Gasteiger charge is 2.53. The van der Waals surface area contributed by atoms with Crippen LogP contribution >= 0.6 is 0 Å². The van der Waals surface area contributed by atoms with Gasteiger partial charge in [0.1, 0.15) is 5.75 Å². The van der Waals surface area contributed by atoms with Crippen molar-refractivity contribution in [3.8, 4) is 5.75 Å². The first kappa shape index (κ1) is 17.8. The molecule has 26 heavy (non-hydrogen) atoms. The second kappa shape index (κ2) is 6.53. The van der Waals surface area contributed by atoms with Crippen molar-refractivity contribution in [2.75, 3.05) is 13.7 Å². The maximum Gasteiger partial charge on any atom is 0.240 e. The number of ether oxygens (including phenoxy) is 1. The number of benzene rings is 1. The van der Waals surface area contributed by atoms with Crippen LogP contribution in [0, 0.1) is 17.8 Å². The second-order valence-electron chi connectivity index (χ2n) is 7.87. The fourth-order valence-corrected chi connectivity index (χ4v) is 5.83. The molecule has 0 bridgehead atoms. The number of nitrogens with zero attached hydrogens (tertiary/aromatic N) is 1. The first-order valence-corrected chi connectivity index (χ1v) is 10.8. The molecule has 1 aromatic rings. The fourth-order valence-electron chi connectivity index (χ4n) is 4.76. The molecule has 0 aromatic heterocycles. The molecule has 4 rings (SSSR count). The molecule has 6 nitrogen and oxygen atoms in total. The van der Waals surface area contributed by atoms with E-state index >= 15 is 0 Å². The third-order valence-electron chi connectivity index (χ3n) is 6.26. The number of nitrogens with one attached hydrogen (secondary N) is 1. The molecule has 1 saturated heterocycles. The van der Waals surface area contributed by atoms with E-state index in [1.165, 1.54) is 0 Å². The number of likely N-dealkylation sites (tertiary alicyclic amines) is 1. The molecule has 0 spiro atoms. The molecule has 4 atom stereocenters. The molecule has 3 fully saturated rings. The Balaban J connectivity index is 1.44. The quantitative estimate of drug-likeness (QED) is 0.822. The van der Waals surface area contributed by atoms with E-state index in [0.717, 1.165) is 19.3 Å². The summed E-state index contributed by atoms with van der Waals surface area (Å²) in [6, 6.07) is 7.14. The van der Waals surface area contributed by atoms with E-state index in [4.69, 9.17) is 4.74 Å². The summed E-state index contributed by atoms with van der Waals surface area (Å²) in [5, 5.41) is 0. The Labute approximate surface area is 155 Å². The van der Waals surface area contributed by atoms with Gasteiger partial charge in [-0.2, -0.15) is 0 Å². The second-order valence-corrected chi connectivity index (χ2v) is 9.64. The molecule has 0 unspecified atom stereocenters. The smallest absolute Gasteiger partial charge is 0.240 e. The molecule has 3 aliphatic rings. The Morgan fingerprint density at radius 3 is 2.54 bits per heavy atom. The first-order valence-electron chi connectivity index (χ1n) is 9.35. The predicted octanol–water partition coefficient (Wildman–Crippen LogP) is 2.01. The predicted molar refractivity (Wildman–Crippen MR) is 97.2 cm³/mol. The number of fused-ring (bicyclic) bond motifs is 1. The number of carbonyl (C=O) groups excluding carboxylic acids is 1. The third-order valence-corrected chi connectivity index (χ3v) is 7.70. The van der Waals surface area contributed by atoms with Gasteiger partial charge in [-0.15, -0.1) is 0 Å². The largest absolute Gasteiger partial charge is 0.497 e. The van der Waals surface area contributed by atoms with Gasteiger partial charge in [-0.3, -0.25) is 4.79 Å². The van der Waals surface area contributed by atoms with E-state index < -0.39 is 10.0 Å². The van der Waals surface area contributed by atoms with Crippen LogP contribution in [0.25, 0.3) is 0 Å². The highest BCUT2D eigenvalue weighted by Crippen LogP contribution is 2.49. The number of hydrogen-bond donors (Lipinski definition) is 1. The molecule has 1 heterocycles. The summed E-state index contributed by atoms with van der Waals surface area (Å²) in [5.74, 6) is 1.79. The molecule has 142 valence electrons. The highest BCUT2D eigenvalue weighted by molar-refractivity contribution is 7.89. The van der Waals surface area contributed by atoms with Crippen LogP contribution in [0.2, 0.25) is 0 Å². The zero-order valence-corrected chi connectivity index (χ0v) is 16.0. The molecule has 0 radical (unpaired) electrons. The lowest BCUT2D eigenvalue weighted by Gasteiger charge is -2.24. The molecule has 1 aliphatic heterocycles.